The lowest BCUT2D eigenvalue weighted by Gasteiger charge is -2.36. The Morgan fingerprint density at radius 1 is 0.828 bits per heavy atom. The third kappa shape index (κ3) is 3.55. The minimum Gasteiger partial charge on any atom is -0.367 e. The van der Waals surface area contributed by atoms with E-state index in [0.29, 0.717) is 25.2 Å². The molecule has 3 aliphatic rings. The van der Waals surface area contributed by atoms with Crippen LogP contribution in [0.15, 0.2) is 34.9 Å². The first-order valence-electron chi connectivity index (χ1n) is 10.6. The molecule has 0 radical (unpaired) electrons. The number of allylic oxidation sites excluding steroid dienone is 2. The maximum Gasteiger partial charge on any atom is 0.249 e. The molecule has 1 aromatic rings. The van der Waals surface area contributed by atoms with Crippen molar-refractivity contribution in [1.82, 2.24) is 9.21 Å². The van der Waals surface area contributed by atoms with Crippen molar-refractivity contribution in [2.75, 3.05) is 19.6 Å². The predicted octanol–water partition coefficient (Wildman–Crippen LogP) is 3.36. The Bertz CT molecular complexity index is 959. The van der Waals surface area contributed by atoms with Gasteiger partial charge in [-0.1, -0.05) is 43.5 Å². The molecule has 1 aromatic carbocycles. The summed E-state index contributed by atoms with van der Waals surface area (Å²) in [6.07, 6.45) is 6.39. The maximum absolute atomic E-state index is 13.7. The lowest BCUT2D eigenvalue weighted by molar-refractivity contribution is 0.0946. The standard InChI is InChI=1S/C22H28N2O4S/c1-16-10-6-9-15-24(16)29(27,28)22-19(23-13-7-2-3-8-14-23)20(25)17-11-4-5-12-18(17)21(22)26/h4-5,11-12,16H,2-3,6-10,13-15H2,1H3. The molecule has 0 saturated carbocycles. The third-order valence-electron chi connectivity index (χ3n) is 6.28. The summed E-state index contributed by atoms with van der Waals surface area (Å²) in [4.78, 5) is 28.5. The summed E-state index contributed by atoms with van der Waals surface area (Å²) in [5.41, 5.74) is 0.593. The number of carbonyl (C=O) groups excluding carboxylic acids is 2. The van der Waals surface area contributed by atoms with Gasteiger partial charge in [0.1, 0.15) is 5.70 Å². The number of piperidine rings is 1. The van der Waals surface area contributed by atoms with Gasteiger partial charge in [-0.25, -0.2) is 8.42 Å². The Hall–Kier alpha value is -1.99. The van der Waals surface area contributed by atoms with Crippen molar-refractivity contribution in [2.45, 2.75) is 57.9 Å². The lowest BCUT2D eigenvalue weighted by atomic mass is 9.91. The molecule has 156 valence electrons. The van der Waals surface area contributed by atoms with Crippen molar-refractivity contribution in [2.24, 2.45) is 0 Å². The van der Waals surface area contributed by atoms with Crippen molar-refractivity contribution in [1.29, 1.82) is 0 Å². The molecule has 2 fully saturated rings. The van der Waals surface area contributed by atoms with Crippen LogP contribution in [0, 0.1) is 0 Å². The van der Waals surface area contributed by atoms with Gasteiger partial charge < -0.3 is 4.90 Å². The number of Topliss-reactive ketones (excluding diaryl/α,β-unsaturated/α-hetero) is 2. The summed E-state index contributed by atoms with van der Waals surface area (Å²) in [6.45, 7) is 3.48. The van der Waals surface area contributed by atoms with Gasteiger partial charge in [-0.3, -0.25) is 9.59 Å². The number of likely N-dealkylation sites (tertiary alicyclic amines) is 1. The first-order valence-corrected chi connectivity index (χ1v) is 12.1. The van der Waals surface area contributed by atoms with Crippen LogP contribution in [0.5, 0.6) is 0 Å². The van der Waals surface area contributed by atoms with Gasteiger partial charge in [-0.2, -0.15) is 4.31 Å². The summed E-state index contributed by atoms with van der Waals surface area (Å²) < 4.78 is 28.9. The lowest BCUT2D eigenvalue weighted by Crippen LogP contribution is -2.46. The van der Waals surface area contributed by atoms with Crippen molar-refractivity contribution >= 4 is 21.6 Å². The Kier molecular flexibility index (Phi) is 5.62. The van der Waals surface area contributed by atoms with Crippen molar-refractivity contribution in [3.63, 3.8) is 0 Å². The monoisotopic (exact) mass is 416 g/mol. The Labute approximate surface area is 172 Å². The van der Waals surface area contributed by atoms with Crippen molar-refractivity contribution in [3.8, 4) is 0 Å². The van der Waals surface area contributed by atoms with E-state index in [1.165, 1.54) is 4.31 Å². The SMILES string of the molecule is CC1CCCCN1S(=O)(=O)C1=C(N2CCCCCC2)C(=O)c2ccccc2C1=O. The summed E-state index contributed by atoms with van der Waals surface area (Å²) in [6, 6.07) is 6.40. The van der Waals surface area contributed by atoms with Crippen LogP contribution in [0.25, 0.3) is 0 Å². The number of rotatable bonds is 3. The number of carbonyl (C=O) groups is 2. The fraction of sp³-hybridized carbons (Fsp3) is 0.545. The zero-order valence-corrected chi connectivity index (χ0v) is 17.7. The molecule has 1 unspecified atom stereocenters. The van der Waals surface area contributed by atoms with Gasteiger partial charge in [-0.05, 0) is 32.6 Å². The van der Waals surface area contributed by atoms with Crippen LogP contribution in [0.2, 0.25) is 0 Å². The van der Waals surface area contributed by atoms with E-state index in [4.69, 9.17) is 0 Å². The van der Waals surface area contributed by atoms with Gasteiger partial charge in [0.15, 0.2) is 4.91 Å². The molecule has 2 heterocycles. The van der Waals surface area contributed by atoms with Crippen molar-refractivity contribution in [3.05, 3.63) is 46.0 Å². The van der Waals surface area contributed by atoms with Gasteiger partial charge in [0.25, 0.3) is 0 Å². The molecule has 4 rings (SSSR count). The van der Waals surface area contributed by atoms with E-state index in [0.717, 1.165) is 44.9 Å². The molecular formula is C22H28N2O4S. The summed E-state index contributed by atoms with van der Waals surface area (Å²) in [7, 11) is -4.07. The van der Waals surface area contributed by atoms with Crippen LogP contribution in [0.1, 0.15) is 72.6 Å². The normalized spacial score (nSPS) is 24.4. The van der Waals surface area contributed by atoms with Gasteiger partial charge in [0.2, 0.25) is 21.6 Å². The zero-order chi connectivity index (χ0) is 20.6. The second kappa shape index (κ2) is 8.03. The number of fused-ring (bicyclic) bond motifs is 1. The first-order chi connectivity index (χ1) is 13.9. The van der Waals surface area contributed by atoms with Crippen LogP contribution >= 0.6 is 0 Å². The molecule has 1 atom stereocenters. The maximum atomic E-state index is 13.7. The average molecular weight is 417 g/mol. The van der Waals surface area contributed by atoms with Gasteiger partial charge in [0, 0.05) is 36.8 Å². The van der Waals surface area contributed by atoms with Crippen LogP contribution < -0.4 is 0 Å². The fourth-order valence-electron chi connectivity index (χ4n) is 4.71. The minimum absolute atomic E-state index is 0.0911. The van der Waals surface area contributed by atoms with Gasteiger partial charge in [-0.15, -0.1) is 0 Å². The molecule has 0 aromatic heterocycles. The average Bonchev–Trinajstić information content (AvgIpc) is 3.00. The molecule has 6 nitrogen and oxygen atoms in total. The molecule has 0 N–H and O–H groups in total. The summed E-state index contributed by atoms with van der Waals surface area (Å²) >= 11 is 0. The highest BCUT2D eigenvalue weighted by atomic mass is 32.2. The second-order valence-electron chi connectivity index (χ2n) is 8.24. The molecule has 29 heavy (non-hydrogen) atoms. The summed E-state index contributed by atoms with van der Waals surface area (Å²) in [5, 5.41) is 0. The van der Waals surface area contributed by atoms with E-state index in [1.54, 1.807) is 24.3 Å². The number of hydrogen-bond acceptors (Lipinski definition) is 5. The molecule has 0 bridgehead atoms. The van der Waals surface area contributed by atoms with E-state index in [-0.39, 0.29) is 28.0 Å². The van der Waals surface area contributed by atoms with E-state index >= 15 is 0 Å². The molecule has 2 aliphatic heterocycles. The molecule has 0 spiro atoms. The largest absolute Gasteiger partial charge is 0.367 e. The number of hydrogen-bond donors (Lipinski definition) is 0. The molecule has 2 saturated heterocycles. The van der Waals surface area contributed by atoms with Crippen molar-refractivity contribution < 1.29 is 18.0 Å². The minimum atomic E-state index is -4.07. The van der Waals surface area contributed by atoms with E-state index in [2.05, 4.69) is 0 Å². The Morgan fingerprint density at radius 3 is 2.03 bits per heavy atom. The highest BCUT2D eigenvalue weighted by Gasteiger charge is 2.45. The van der Waals surface area contributed by atoms with Crippen LogP contribution in [0.3, 0.4) is 0 Å². The van der Waals surface area contributed by atoms with Gasteiger partial charge >= 0.3 is 0 Å². The third-order valence-corrected chi connectivity index (χ3v) is 8.34. The fourth-order valence-corrected chi connectivity index (χ4v) is 6.70. The Morgan fingerprint density at radius 2 is 1.41 bits per heavy atom. The van der Waals surface area contributed by atoms with E-state index in [9.17, 15) is 18.0 Å². The first kappa shape index (κ1) is 20.3. The van der Waals surface area contributed by atoms with Gasteiger partial charge in [0.05, 0.1) is 0 Å². The van der Waals surface area contributed by atoms with E-state index in [1.807, 2.05) is 11.8 Å². The molecule has 7 heteroatoms. The van der Waals surface area contributed by atoms with Crippen LogP contribution in [-0.4, -0.2) is 54.9 Å². The predicted molar refractivity (Wildman–Crippen MR) is 111 cm³/mol. The number of ketones is 2. The summed E-state index contributed by atoms with van der Waals surface area (Å²) in [5.74, 6) is -0.887. The van der Waals surface area contributed by atoms with E-state index < -0.39 is 15.8 Å². The highest BCUT2D eigenvalue weighted by Crippen LogP contribution is 2.35. The second-order valence-corrected chi connectivity index (χ2v) is 10.1. The van der Waals surface area contributed by atoms with Crippen LogP contribution in [-0.2, 0) is 10.0 Å². The topological polar surface area (TPSA) is 74.8 Å². The molecular weight excluding hydrogens is 388 g/mol. The number of nitrogens with zero attached hydrogens (tertiary/aromatic N) is 2. The highest BCUT2D eigenvalue weighted by molar-refractivity contribution is 7.94. The smallest absolute Gasteiger partial charge is 0.249 e. The quantitative estimate of drug-likeness (QED) is 0.755. The van der Waals surface area contributed by atoms with Crippen LogP contribution in [0.4, 0.5) is 0 Å². The Balaban J connectivity index is 1.90. The zero-order valence-electron chi connectivity index (χ0n) is 16.9. The molecule has 0 amide bonds. The molecule has 1 aliphatic carbocycles. The number of sulfonamides is 1. The number of benzene rings is 1.